The van der Waals surface area contributed by atoms with Crippen LogP contribution in [0.25, 0.3) is 82.6 Å². The summed E-state index contributed by atoms with van der Waals surface area (Å²) in [7, 11) is 0. The van der Waals surface area contributed by atoms with Crippen LogP contribution in [0.15, 0.2) is 121 Å². The second-order valence-corrected chi connectivity index (χ2v) is 13.1. The van der Waals surface area contributed by atoms with E-state index in [0.717, 1.165) is 12.8 Å². The van der Waals surface area contributed by atoms with Crippen molar-refractivity contribution in [2.75, 3.05) is 0 Å². The van der Waals surface area contributed by atoms with E-state index in [0.29, 0.717) is 0 Å². The van der Waals surface area contributed by atoms with Crippen LogP contribution in [-0.4, -0.2) is 15.8 Å². The summed E-state index contributed by atoms with van der Waals surface area (Å²) in [5.74, 6) is 0. The average Bonchev–Trinajstić information content (AvgIpc) is 3.64. The monoisotopic (exact) mass is 568 g/mol. The third kappa shape index (κ3) is 2.56. The van der Waals surface area contributed by atoms with Crippen LogP contribution in [0.4, 0.5) is 0 Å². The molecule has 12 rings (SSSR count). The van der Waals surface area contributed by atoms with Gasteiger partial charge in [0.2, 0.25) is 0 Å². The fourth-order valence-corrected chi connectivity index (χ4v) is 9.44. The zero-order valence-electron chi connectivity index (χ0n) is 24.5. The largest absolute Gasteiger partial charge is 0.310 e. The number of allylic oxidation sites excluding steroid dienone is 1. The molecule has 2 nitrogen and oxygen atoms in total. The van der Waals surface area contributed by atoms with Crippen LogP contribution in [0, 0.1) is 0 Å². The van der Waals surface area contributed by atoms with E-state index in [2.05, 4.69) is 137 Å². The predicted octanol–water partition coefficient (Wildman–Crippen LogP) is 8.29. The molecule has 0 radical (unpaired) electrons. The van der Waals surface area contributed by atoms with Gasteiger partial charge in [-0.2, -0.15) is 0 Å². The van der Waals surface area contributed by atoms with Gasteiger partial charge in [-0.05, 0) is 63.3 Å². The fraction of sp³-hybridized carbons (Fsp3) is 0.0476. The molecule has 206 valence electrons. The first-order chi connectivity index (χ1) is 22.4. The number of benzene rings is 7. The Labute approximate surface area is 259 Å². The minimum atomic E-state index is 0.161. The Kier molecular flexibility index (Phi) is 3.95. The molecular formula is C42H25BN2. The topological polar surface area (TPSA) is 9.86 Å². The number of para-hydroxylation sites is 1. The van der Waals surface area contributed by atoms with Crippen molar-refractivity contribution >= 4 is 94.3 Å². The summed E-state index contributed by atoms with van der Waals surface area (Å²) in [6.45, 7) is 0.161. The molecule has 7 aromatic carbocycles. The Morgan fingerprint density at radius 3 is 1.96 bits per heavy atom. The van der Waals surface area contributed by atoms with Gasteiger partial charge in [-0.1, -0.05) is 115 Å². The van der Waals surface area contributed by atoms with Gasteiger partial charge in [-0.15, -0.1) is 0 Å². The highest BCUT2D eigenvalue weighted by Gasteiger charge is 2.41. The quantitative estimate of drug-likeness (QED) is 0.163. The molecule has 0 unspecified atom stereocenters. The van der Waals surface area contributed by atoms with Crippen LogP contribution in [0.1, 0.15) is 17.5 Å². The molecule has 0 spiro atoms. The zero-order chi connectivity index (χ0) is 29.0. The fourth-order valence-electron chi connectivity index (χ4n) is 9.44. The molecular weight excluding hydrogens is 543 g/mol. The van der Waals surface area contributed by atoms with Gasteiger partial charge in [-0.25, -0.2) is 0 Å². The molecule has 1 aliphatic carbocycles. The summed E-state index contributed by atoms with van der Waals surface area (Å²) in [4.78, 5) is 0. The molecule has 45 heavy (non-hydrogen) atoms. The van der Waals surface area contributed by atoms with E-state index in [1.165, 1.54) is 104 Å². The molecule has 0 saturated carbocycles. The summed E-state index contributed by atoms with van der Waals surface area (Å²) < 4.78 is 5.24. The third-order valence-corrected chi connectivity index (χ3v) is 11.1. The van der Waals surface area contributed by atoms with Gasteiger partial charge >= 0.3 is 0 Å². The molecule has 0 N–H and O–H groups in total. The van der Waals surface area contributed by atoms with Gasteiger partial charge in [0.05, 0.1) is 11.0 Å². The highest BCUT2D eigenvalue weighted by molar-refractivity contribution is 7.00. The first-order valence-electron chi connectivity index (χ1n) is 16.1. The normalized spacial score (nSPS) is 14.4. The van der Waals surface area contributed by atoms with Gasteiger partial charge in [0.1, 0.15) is 0 Å². The third-order valence-electron chi connectivity index (χ3n) is 11.1. The molecule has 4 heterocycles. The van der Waals surface area contributed by atoms with E-state index >= 15 is 0 Å². The Morgan fingerprint density at radius 1 is 0.511 bits per heavy atom. The SMILES string of the molecule is C1=Cc2cc3c4c(c2CC1)c1ccc2ccccc2c1n4-c1cccc2c1B3c1cccc3c4ccc5ccccc5c4n-2c13. The summed E-state index contributed by atoms with van der Waals surface area (Å²) >= 11 is 0. The molecule has 3 aliphatic rings. The number of hydrogen-bond acceptors (Lipinski definition) is 0. The van der Waals surface area contributed by atoms with Crippen molar-refractivity contribution in [1.82, 2.24) is 9.13 Å². The molecule has 9 aromatic rings. The number of hydrogen-bond donors (Lipinski definition) is 0. The Hall–Kier alpha value is -5.54. The molecule has 0 atom stereocenters. The molecule has 2 aromatic heterocycles. The van der Waals surface area contributed by atoms with Crippen molar-refractivity contribution in [1.29, 1.82) is 0 Å². The number of fused-ring (bicyclic) bond motifs is 16. The molecule has 0 saturated heterocycles. The lowest BCUT2D eigenvalue weighted by molar-refractivity contribution is 0.998. The van der Waals surface area contributed by atoms with E-state index in [9.17, 15) is 0 Å². The van der Waals surface area contributed by atoms with Gasteiger partial charge < -0.3 is 9.13 Å². The second-order valence-electron chi connectivity index (χ2n) is 13.1. The minimum absolute atomic E-state index is 0.161. The molecule has 2 aliphatic heterocycles. The van der Waals surface area contributed by atoms with Crippen molar-refractivity contribution in [2.45, 2.75) is 12.8 Å². The first-order valence-corrected chi connectivity index (χ1v) is 16.1. The summed E-state index contributed by atoms with van der Waals surface area (Å²) in [5.41, 5.74) is 15.2. The molecule has 0 amide bonds. The summed E-state index contributed by atoms with van der Waals surface area (Å²) in [6.07, 6.45) is 6.93. The van der Waals surface area contributed by atoms with Crippen molar-refractivity contribution < 1.29 is 0 Å². The predicted molar refractivity (Wildman–Crippen MR) is 192 cm³/mol. The molecule has 0 bridgehead atoms. The van der Waals surface area contributed by atoms with Crippen LogP contribution in [0.3, 0.4) is 0 Å². The van der Waals surface area contributed by atoms with Crippen molar-refractivity contribution in [3.05, 3.63) is 132 Å². The Morgan fingerprint density at radius 2 is 1.16 bits per heavy atom. The van der Waals surface area contributed by atoms with Crippen molar-refractivity contribution in [3.8, 4) is 11.4 Å². The lowest BCUT2D eigenvalue weighted by atomic mass is 9.34. The maximum atomic E-state index is 2.64. The maximum Gasteiger partial charge on any atom is 0.252 e. The van der Waals surface area contributed by atoms with E-state index in [4.69, 9.17) is 0 Å². The van der Waals surface area contributed by atoms with Gasteiger partial charge in [-0.3, -0.25) is 0 Å². The van der Waals surface area contributed by atoms with Crippen LogP contribution >= 0.6 is 0 Å². The Balaban J connectivity index is 1.36. The lowest BCUT2D eigenvalue weighted by Gasteiger charge is -2.34. The number of aromatic nitrogens is 2. The van der Waals surface area contributed by atoms with Crippen LogP contribution < -0.4 is 16.4 Å². The standard InChI is InChI=1S/C42H25BN2/c1-5-13-28-24(9-1)19-21-31-30-15-7-16-33-41(30)44(39(28)31)35-17-8-18-36-38(35)43(33)34-23-26-11-3-4-12-27(26)37-32-22-20-25-10-2-6-14-29(25)40(32)45(36)42(34)37/h1-3,5-11,13-23H,4,12H2. The van der Waals surface area contributed by atoms with E-state index in [-0.39, 0.29) is 6.71 Å². The van der Waals surface area contributed by atoms with Crippen LogP contribution in [0.5, 0.6) is 0 Å². The number of nitrogens with zero attached hydrogens (tertiary/aromatic N) is 2. The van der Waals surface area contributed by atoms with Gasteiger partial charge in [0.15, 0.2) is 0 Å². The summed E-state index contributed by atoms with van der Waals surface area (Å²) in [5, 5.41) is 10.7. The van der Waals surface area contributed by atoms with E-state index in [1.54, 1.807) is 0 Å². The highest BCUT2D eigenvalue weighted by atomic mass is 15.0. The molecule has 0 fully saturated rings. The van der Waals surface area contributed by atoms with Crippen LogP contribution in [0.2, 0.25) is 0 Å². The van der Waals surface area contributed by atoms with Crippen molar-refractivity contribution in [2.24, 2.45) is 0 Å². The number of aryl methyl sites for hydroxylation is 1. The van der Waals surface area contributed by atoms with Crippen molar-refractivity contribution in [3.63, 3.8) is 0 Å². The van der Waals surface area contributed by atoms with E-state index in [1.807, 2.05) is 0 Å². The zero-order valence-corrected chi connectivity index (χ0v) is 24.5. The van der Waals surface area contributed by atoms with Gasteiger partial charge in [0, 0.05) is 54.7 Å². The first kappa shape index (κ1) is 22.9. The second kappa shape index (κ2) is 7.75. The Bertz CT molecular complexity index is 2880. The summed E-state index contributed by atoms with van der Waals surface area (Å²) in [6, 6.07) is 43.8. The van der Waals surface area contributed by atoms with E-state index < -0.39 is 0 Å². The van der Waals surface area contributed by atoms with Gasteiger partial charge in [0.25, 0.3) is 6.71 Å². The average molecular weight is 568 g/mol. The highest BCUT2D eigenvalue weighted by Crippen LogP contribution is 2.44. The minimum Gasteiger partial charge on any atom is -0.310 e. The molecule has 3 heteroatoms. The lowest BCUT2D eigenvalue weighted by Crippen LogP contribution is -2.59. The maximum absolute atomic E-state index is 2.64. The number of rotatable bonds is 0. The van der Waals surface area contributed by atoms with Crippen LogP contribution in [-0.2, 0) is 6.42 Å². The smallest absolute Gasteiger partial charge is 0.252 e.